The summed E-state index contributed by atoms with van der Waals surface area (Å²) in [5.41, 5.74) is 1.62. The molecular formula is C21H26N4O6S2. The number of nitrogens with zero attached hydrogens (tertiary/aromatic N) is 4. The van der Waals surface area contributed by atoms with Crippen LogP contribution in [0.2, 0.25) is 0 Å². The van der Waals surface area contributed by atoms with Crippen molar-refractivity contribution in [2.24, 2.45) is 0 Å². The third kappa shape index (κ3) is 3.98. The van der Waals surface area contributed by atoms with Gasteiger partial charge in [0.2, 0.25) is 10.0 Å². The average molecular weight is 495 g/mol. The fourth-order valence-corrected chi connectivity index (χ4v) is 7.36. The fraction of sp³-hybridized carbons (Fsp3) is 0.524. The van der Waals surface area contributed by atoms with Crippen LogP contribution in [0.5, 0.6) is 0 Å². The standard InChI is InChI=1S/C21H26N4O6S2/c1-32(27,28)24-8-4-5-15(13-24)25-20-16-6-2-3-7-18(16)33(29,30)14-17(20)19(22-25)21(26)23-9-11-31-12-10-23/h2-3,6-7,15H,4-5,8-14H2,1H3. The molecule has 3 aliphatic rings. The first-order valence-corrected chi connectivity index (χ1v) is 14.4. The lowest BCUT2D eigenvalue weighted by molar-refractivity contribution is 0.0297. The largest absolute Gasteiger partial charge is 0.378 e. The van der Waals surface area contributed by atoms with Crippen LogP contribution < -0.4 is 0 Å². The monoisotopic (exact) mass is 494 g/mol. The Morgan fingerprint density at radius 1 is 1.15 bits per heavy atom. The van der Waals surface area contributed by atoms with E-state index in [1.165, 1.54) is 10.6 Å². The zero-order valence-corrected chi connectivity index (χ0v) is 19.9. The van der Waals surface area contributed by atoms with Crippen LogP contribution >= 0.6 is 0 Å². The Kier molecular flexibility index (Phi) is 5.58. The molecule has 4 heterocycles. The first-order chi connectivity index (χ1) is 15.7. The highest BCUT2D eigenvalue weighted by Crippen LogP contribution is 2.42. The van der Waals surface area contributed by atoms with E-state index in [0.29, 0.717) is 62.5 Å². The normalized spacial score (nSPS) is 23.1. The van der Waals surface area contributed by atoms with Crippen molar-refractivity contribution in [3.63, 3.8) is 0 Å². The molecule has 0 bridgehead atoms. The van der Waals surface area contributed by atoms with E-state index >= 15 is 0 Å². The molecule has 3 aliphatic heterocycles. The van der Waals surface area contributed by atoms with E-state index in [1.54, 1.807) is 33.8 Å². The number of aromatic nitrogens is 2. The van der Waals surface area contributed by atoms with Crippen LogP contribution in [0, 0.1) is 0 Å². The van der Waals surface area contributed by atoms with Gasteiger partial charge in [-0.05, 0) is 18.9 Å². The number of carbonyl (C=O) groups is 1. The summed E-state index contributed by atoms with van der Waals surface area (Å²) in [4.78, 5) is 15.2. The molecule has 5 rings (SSSR count). The molecule has 10 nitrogen and oxygen atoms in total. The SMILES string of the molecule is CS(=O)(=O)N1CCCC(n2nc(C(=O)N3CCOCC3)c3c2-c2ccccc2S(=O)(=O)C3)C1. The molecule has 1 atom stereocenters. The summed E-state index contributed by atoms with van der Waals surface area (Å²) >= 11 is 0. The zero-order chi connectivity index (χ0) is 23.4. The third-order valence-corrected chi connectivity index (χ3v) is 9.46. The van der Waals surface area contributed by atoms with Gasteiger partial charge in [-0.25, -0.2) is 21.1 Å². The number of piperidine rings is 1. The van der Waals surface area contributed by atoms with E-state index in [4.69, 9.17) is 4.74 Å². The second kappa shape index (κ2) is 8.19. The number of hydrogen-bond acceptors (Lipinski definition) is 7. The van der Waals surface area contributed by atoms with E-state index in [1.807, 2.05) is 0 Å². The van der Waals surface area contributed by atoms with E-state index < -0.39 is 19.9 Å². The summed E-state index contributed by atoms with van der Waals surface area (Å²) in [6.45, 7) is 2.32. The summed E-state index contributed by atoms with van der Waals surface area (Å²) in [5.74, 6) is -0.633. The van der Waals surface area contributed by atoms with Crippen molar-refractivity contribution in [1.82, 2.24) is 19.0 Å². The van der Waals surface area contributed by atoms with E-state index in [0.717, 1.165) is 0 Å². The zero-order valence-electron chi connectivity index (χ0n) is 18.3. The predicted molar refractivity (Wildman–Crippen MR) is 120 cm³/mol. The van der Waals surface area contributed by atoms with Gasteiger partial charge in [0.05, 0.1) is 41.9 Å². The number of ether oxygens (including phenoxy) is 1. The molecule has 1 amide bonds. The van der Waals surface area contributed by atoms with Crippen LogP contribution in [0.4, 0.5) is 0 Å². The van der Waals surface area contributed by atoms with Crippen molar-refractivity contribution in [2.75, 3.05) is 45.6 Å². The van der Waals surface area contributed by atoms with Gasteiger partial charge >= 0.3 is 0 Å². The van der Waals surface area contributed by atoms with Crippen LogP contribution in [-0.4, -0.2) is 87.4 Å². The highest BCUT2D eigenvalue weighted by atomic mass is 32.2. The molecule has 0 aliphatic carbocycles. The maximum absolute atomic E-state index is 13.4. The van der Waals surface area contributed by atoms with E-state index in [2.05, 4.69) is 5.10 Å². The number of sulfone groups is 1. The molecule has 178 valence electrons. The van der Waals surface area contributed by atoms with Gasteiger partial charge in [-0.15, -0.1) is 0 Å². The Hall–Kier alpha value is -2.28. The minimum Gasteiger partial charge on any atom is -0.378 e. The van der Waals surface area contributed by atoms with Crippen LogP contribution in [-0.2, 0) is 30.4 Å². The smallest absolute Gasteiger partial charge is 0.274 e. The minimum absolute atomic E-state index is 0.126. The number of hydrogen-bond donors (Lipinski definition) is 0. The number of benzene rings is 1. The van der Waals surface area contributed by atoms with Crippen molar-refractivity contribution in [2.45, 2.75) is 29.5 Å². The first kappa shape index (κ1) is 22.5. The van der Waals surface area contributed by atoms with Gasteiger partial charge in [0.25, 0.3) is 5.91 Å². The number of sulfonamides is 1. The number of morpholine rings is 1. The van der Waals surface area contributed by atoms with Crippen molar-refractivity contribution < 1.29 is 26.4 Å². The molecule has 0 N–H and O–H groups in total. The molecular weight excluding hydrogens is 468 g/mol. The van der Waals surface area contributed by atoms with Gasteiger partial charge in [-0.3, -0.25) is 9.48 Å². The summed E-state index contributed by atoms with van der Waals surface area (Å²) < 4.78 is 59.0. The van der Waals surface area contributed by atoms with Gasteiger partial charge in [-0.2, -0.15) is 5.10 Å². The van der Waals surface area contributed by atoms with Crippen LogP contribution in [0.1, 0.15) is 34.9 Å². The molecule has 1 aromatic carbocycles. The minimum atomic E-state index is -3.65. The quantitative estimate of drug-likeness (QED) is 0.622. The first-order valence-electron chi connectivity index (χ1n) is 10.9. The lowest BCUT2D eigenvalue weighted by Crippen LogP contribution is -2.41. The maximum Gasteiger partial charge on any atom is 0.274 e. The van der Waals surface area contributed by atoms with Gasteiger partial charge in [0.1, 0.15) is 0 Å². The number of rotatable bonds is 3. The maximum atomic E-state index is 13.4. The summed E-state index contributed by atoms with van der Waals surface area (Å²) in [6, 6.07) is 6.42. The van der Waals surface area contributed by atoms with Crippen molar-refractivity contribution >= 4 is 25.8 Å². The molecule has 1 unspecified atom stereocenters. The molecule has 0 saturated carbocycles. The molecule has 2 saturated heterocycles. The second-order valence-corrected chi connectivity index (χ2v) is 12.6. The molecule has 12 heteroatoms. The fourth-order valence-electron chi connectivity index (χ4n) is 4.87. The number of carbonyl (C=O) groups excluding carboxylic acids is 1. The molecule has 2 aromatic rings. The van der Waals surface area contributed by atoms with Gasteiger partial charge in [0, 0.05) is 37.3 Å². The Labute approximate surface area is 193 Å². The average Bonchev–Trinajstić information content (AvgIpc) is 3.17. The molecule has 1 aromatic heterocycles. The van der Waals surface area contributed by atoms with Gasteiger partial charge in [-0.1, -0.05) is 18.2 Å². The summed E-state index contributed by atoms with van der Waals surface area (Å²) in [5, 5.41) is 4.67. The summed E-state index contributed by atoms with van der Waals surface area (Å²) in [6.07, 6.45) is 2.52. The topological polar surface area (TPSA) is 119 Å². The molecule has 0 spiro atoms. The van der Waals surface area contributed by atoms with Crippen LogP contribution in [0.3, 0.4) is 0 Å². The van der Waals surface area contributed by atoms with Gasteiger partial charge in [0.15, 0.2) is 15.5 Å². The third-order valence-electron chi connectivity index (χ3n) is 6.50. The Morgan fingerprint density at radius 3 is 2.61 bits per heavy atom. The lowest BCUT2D eigenvalue weighted by atomic mass is 10.0. The summed E-state index contributed by atoms with van der Waals surface area (Å²) in [7, 11) is -7.04. The second-order valence-electron chi connectivity index (χ2n) is 8.70. The van der Waals surface area contributed by atoms with E-state index in [9.17, 15) is 21.6 Å². The van der Waals surface area contributed by atoms with Gasteiger partial charge < -0.3 is 9.64 Å². The molecule has 0 radical (unpaired) electrons. The highest BCUT2D eigenvalue weighted by molar-refractivity contribution is 7.91. The predicted octanol–water partition coefficient (Wildman–Crippen LogP) is 0.906. The lowest BCUT2D eigenvalue weighted by Gasteiger charge is -2.32. The number of amides is 1. The molecule has 33 heavy (non-hydrogen) atoms. The van der Waals surface area contributed by atoms with Crippen LogP contribution in [0.15, 0.2) is 29.2 Å². The van der Waals surface area contributed by atoms with Crippen molar-refractivity contribution in [3.8, 4) is 11.3 Å². The Morgan fingerprint density at radius 2 is 1.88 bits per heavy atom. The number of fused-ring (bicyclic) bond motifs is 3. The van der Waals surface area contributed by atoms with E-state index in [-0.39, 0.29) is 34.8 Å². The highest BCUT2D eigenvalue weighted by Gasteiger charge is 2.39. The van der Waals surface area contributed by atoms with Crippen LogP contribution in [0.25, 0.3) is 11.3 Å². The van der Waals surface area contributed by atoms with Crippen molar-refractivity contribution in [3.05, 3.63) is 35.5 Å². The van der Waals surface area contributed by atoms with Crippen molar-refractivity contribution in [1.29, 1.82) is 0 Å². The molecule has 2 fully saturated rings. The Bertz CT molecular complexity index is 1310. The Balaban J connectivity index is 1.66.